The molecule has 1 N–H and O–H groups in total. The maximum Gasteiger partial charge on any atom is 0.326 e. The number of fused-ring (bicyclic) bond motifs is 1. The summed E-state index contributed by atoms with van der Waals surface area (Å²) in [5.74, 6) is -0.401. The van der Waals surface area contributed by atoms with E-state index in [1.54, 1.807) is 11.5 Å². The first-order valence-corrected chi connectivity index (χ1v) is 9.03. The number of hydrogen-bond acceptors (Lipinski definition) is 6. The second-order valence-corrected chi connectivity index (χ2v) is 6.42. The van der Waals surface area contributed by atoms with Crippen LogP contribution in [-0.2, 0) is 27.3 Å². The molecule has 150 valence electrons. The molecule has 0 bridgehead atoms. The van der Waals surface area contributed by atoms with Gasteiger partial charge in [-0.15, -0.1) is 0 Å². The van der Waals surface area contributed by atoms with Gasteiger partial charge in [-0.1, -0.05) is 25.1 Å². The molecular formula is C20H20N4O5. The van der Waals surface area contributed by atoms with E-state index in [0.717, 1.165) is 16.9 Å². The molecule has 1 heterocycles. The molecule has 0 spiro atoms. The zero-order valence-electron chi connectivity index (χ0n) is 16.0. The Balaban J connectivity index is 1.62. The molecule has 9 heteroatoms. The molecule has 0 saturated heterocycles. The van der Waals surface area contributed by atoms with E-state index in [1.165, 1.54) is 18.2 Å². The van der Waals surface area contributed by atoms with Crippen LogP contribution < -0.4 is 5.32 Å². The van der Waals surface area contributed by atoms with Crippen molar-refractivity contribution in [1.29, 1.82) is 0 Å². The number of imidazole rings is 1. The zero-order chi connectivity index (χ0) is 21.0. The number of amides is 1. The number of hydrogen-bond donors (Lipinski definition) is 1. The number of para-hydroxylation sites is 2. The van der Waals surface area contributed by atoms with Gasteiger partial charge in [0.15, 0.2) is 6.61 Å². The van der Waals surface area contributed by atoms with E-state index in [2.05, 4.69) is 10.3 Å². The normalized spacial score (nSPS) is 10.7. The third kappa shape index (κ3) is 4.57. The molecule has 3 rings (SSSR count). The molecule has 0 aliphatic heterocycles. The number of anilines is 1. The van der Waals surface area contributed by atoms with Crippen LogP contribution in [-0.4, -0.2) is 33.0 Å². The summed E-state index contributed by atoms with van der Waals surface area (Å²) in [5, 5.41) is 13.4. The van der Waals surface area contributed by atoms with E-state index in [1.807, 2.05) is 31.2 Å². The van der Waals surface area contributed by atoms with Crippen molar-refractivity contribution in [1.82, 2.24) is 9.55 Å². The minimum Gasteiger partial charge on any atom is -0.454 e. The highest BCUT2D eigenvalue weighted by Gasteiger charge is 2.15. The molecule has 29 heavy (non-hydrogen) atoms. The first-order chi connectivity index (χ1) is 13.9. The highest BCUT2D eigenvalue weighted by Crippen LogP contribution is 2.22. The SMILES string of the molecule is CCc1nc2ccccc2n1CC(=O)OCC(=O)Nc1cc([N+](=O)[O-])ccc1C. The molecule has 0 atom stereocenters. The predicted octanol–water partition coefficient (Wildman–Crippen LogP) is 3.00. The minimum absolute atomic E-state index is 0.0627. The Hall–Kier alpha value is -3.75. The summed E-state index contributed by atoms with van der Waals surface area (Å²) >= 11 is 0. The Labute approximate surface area is 166 Å². The average Bonchev–Trinajstić information content (AvgIpc) is 3.05. The van der Waals surface area contributed by atoms with Gasteiger partial charge in [0.25, 0.3) is 11.6 Å². The third-order valence-electron chi connectivity index (χ3n) is 4.41. The van der Waals surface area contributed by atoms with Crippen molar-refractivity contribution in [3.8, 4) is 0 Å². The first kappa shape index (κ1) is 20.0. The number of nitro benzene ring substituents is 1. The van der Waals surface area contributed by atoms with E-state index < -0.39 is 23.4 Å². The lowest BCUT2D eigenvalue weighted by atomic mass is 10.2. The maximum absolute atomic E-state index is 12.2. The molecule has 2 aromatic carbocycles. The van der Waals surface area contributed by atoms with Gasteiger partial charge in [0.2, 0.25) is 0 Å². The Morgan fingerprint density at radius 3 is 2.72 bits per heavy atom. The van der Waals surface area contributed by atoms with Gasteiger partial charge in [-0.3, -0.25) is 19.7 Å². The molecule has 0 unspecified atom stereocenters. The Morgan fingerprint density at radius 2 is 2.00 bits per heavy atom. The molecule has 1 amide bonds. The van der Waals surface area contributed by atoms with Crippen LogP contribution in [0.3, 0.4) is 0 Å². The summed E-state index contributed by atoms with van der Waals surface area (Å²) in [6.07, 6.45) is 0.647. The van der Waals surface area contributed by atoms with Crippen molar-refractivity contribution in [3.63, 3.8) is 0 Å². The lowest BCUT2D eigenvalue weighted by molar-refractivity contribution is -0.384. The maximum atomic E-state index is 12.2. The predicted molar refractivity (Wildman–Crippen MR) is 107 cm³/mol. The molecular weight excluding hydrogens is 376 g/mol. The van der Waals surface area contributed by atoms with Crippen LogP contribution in [0, 0.1) is 17.0 Å². The Bertz CT molecular complexity index is 1090. The van der Waals surface area contributed by atoms with Crippen molar-refractivity contribution in [2.24, 2.45) is 0 Å². The van der Waals surface area contributed by atoms with Crippen LogP contribution in [0.1, 0.15) is 18.3 Å². The van der Waals surface area contributed by atoms with E-state index in [0.29, 0.717) is 17.7 Å². The third-order valence-corrected chi connectivity index (χ3v) is 4.41. The highest BCUT2D eigenvalue weighted by atomic mass is 16.6. The van der Waals surface area contributed by atoms with E-state index in [9.17, 15) is 19.7 Å². The molecule has 0 radical (unpaired) electrons. The van der Waals surface area contributed by atoms with Crippen molar-refractivity contribution >= 4 is 34.3 Å². The average molecular weight is 396 g/mol. The monoisotopic (exact) mass is 396 g/mol. The first-order valence-electron chi connectivity index (χ1n) is 9.03. The number of nitro groups is 1. The fourth-order valence-corrected chi connectivity index (χ4v) is 2.94. The number of rotatable bonds is 7. The summed E-state index contributed by atoms with van der Waals surface area (Å²) in [5.41, 5.74) is 2.43. The number of esters is 1. The van der Waals surface area contributed by atoms with Gasteiger partial charge in [-0.25, -0.2) is 4.98 Å². The van der Waals surface area contributed by atoms with Crippen molar-refractivity contribution in [3.05, 3.63) is 64.0 Å². The van der Waals surface area contributed by atoms with Gasteiger partial charge in [-0.05, 0) is 24.6 Å². The van der Waals surface area contributed by atoms with Gasteiger partial charge in [0, 0.05) is 18.6 Å². The quantitative estimate of drug-likeness (QED) is 0.373. The molecule has 0 saturated carbocycles. The van der Waals surface area contributed by atoms with Crippen LogP contribution >= 0.6 is 0 Å². The van der Waals surface area contributed by atoms with Gasteiger partial charge >= 0.3 is 5.97 Å². The Morgan fingerprint density at radius 1 is 1.24 bits per heavy atom. The van der Waals surface area contributed by atoms with Crippen molar-refractivity contribution in [2.45, 2.75) is 26.8 Å². The van der Waals surface area contributed by atoms with E-state index in [-0.39, 0.29) is 12.2 Å². The Kier molecular flexibility index (Phi) is 5.87. The summed E-state index contributed by atoms with van der Waals surface area (Å²) in [6, 6.07) is 11.6. The van der Waals surface area contributed by atoms with Crippen LogP contribution in [0.4, 0.5) is 11.4 Å². The number of carbonyl (C=O) groups is 2. The number of benzene rings is 2. The number of nitrogens with zero attached hydrogens (tertiary/aromatic N) is 3. The van der Waals surface area contributed by atoms with Gasteiger partial charge in [-0.2, -0.15) is 0 Å². The van der Waals surface area contributed by atoms with Gasteiger partial charge in [0.05, 0.1) is 21.6 Å². The van der Waals surface area contributed by atoms with Crippen LogP contribution in [0.2, 0.25) is 0 Å². The number of carbonyl (C=O) groups excluding carboxylic acids is 2. The number of nitrogens with one attached hydrogen (secondary N) is 1. The van der Waals surface area contributed by atoms with Crippen LogP contribution in [0.5, 0.6) is 0 Å². The molecule has 9 nitrogen and oxygen atoms in total. The largest absolute Gasteiger partial charge is 0.454 e. The number of ether oxygens (including phenoxy) is 1. The zero-order valence-corrected chi connectivity index (χ0v) is 16.0. The smallest absolute Gasteiger partial charge is 0.326 e. The summed E-state index contributed by atoms with van der Waals surface area (Å²) in [6.45, 7) is 3.10. The van der Waals surface area contributed by atoms with Crippen LogP contribution in [0.15, 0.2) is 42.5 Å². The molecule has 0 aliphatic carbocycles. The minimum atomic E-state index is -0.576. The summed E-state index contributed by atoms with van der Waals surface area (Å²) in [7, 11) is 0. The number of aryl methyl sites for hydroxylation is 2. The highest BCUT2D eigenvalue weighted by molar-refractivity contribution is 5.93. The van der Waals surface area contributed by atoms with Crippen molar-refractivity contribution in [2.75, 3.05) is 11.9 Å². The number of non-ortho nitro benzene ring substituents is 1. The lowest BCUT2D eigenvalue weighted by Gasteiger charge is -2.10. The standard InChI is InChI=1S/C20H20N4O5/c1-3-18-21-15-6-4-5-7-17(15)23(18)11-20(26)29-12-19(25)22-16-10-14(24(27)28)9-8-13(16)2/h4-10H,3,11-12H2,1-2H3,(H,22,25). The second-order valence-electron chi connectivity index (χ2n) is 6.42. The fourth-order valence-electron chi connectivity index (χ4n) is 2.94. The van der Waals surface area contributed by atoms with Gasteiger partial charge in [0.1, 0.15) is 12.4 Å². The lowest BCUT2D eigenvalue weighted by Crippen LogP contribution is -2.23. The topological polar surface area (TPSA) is 116 Å². The fraction of sp³-hybridized carbons (Fsp3) is 0.250. The molecule has 1 aromatic heterocycles. The van der Waals surface area contributed by atoms with Crippen LogP contribution in [0.25, 0.3) is 11.0 Å². The molecule has 3 aromatic rings. The summed E-state index contributed by atoms with van der Waals surface area (Å²) in [4.78, 5) is 39.2. The molecule has 0 fully saturated rings. The summed E-state index contributed by atoms with van der Waals surface area (Å²) < 4.78 is 6.85. The van der Waals surface area contributed by atoms with Gasteiger partial charge < -0.3 is 14.6 Å². The molecule has 0 aliphatic rings. The van der Waals surface area contributed by atoms with E-state index >= 15 is 0 Å². The number of aromatic nitrogens is 2. The van der Waals surface area contributed by atoms with E-state index in [4.69, 9.17) is 4.74 Å². The second kappa shape index (κ2) is 8.51. The van der Waals surface area contributed by atoms with Crippen molar-refractivity contribution < 1.29 is 19.2 Å².